The zero-order chi connectivity index (χ0) is 12.7. The summed E-state index contributed by atoms with van der Waals surface area (Å²) in [6.45, 7) is 1.98. The first kappa shape index (κ1) is 11.6. The van der Waals surface area contributed by atoms with Crippen molar-refractivity contribution in [3.8, 4) is 11.4 Å². The van der Waals surface area contributed by atoms with Gasteiger partial charge in [0.2, 0.25) is 0 Å². The molecule has 0 saturated heterocycles. The molecule has 2 aromatic heterocycles. The first-order chi connectivity index (χ1) is 8.66. The molecule has 18 heavy (non-hydrogen) atoms. The molecule has 0 radical (unpaired) electrons. The normalized spacial score (nSPS) is 11.1. The van der Waals surface area contributed by atoms with Crippen LogP contribution in [0.5, 0.6) is 0 Å². The largest absolute Gasteiger partial charge is 0.228 e. The maximum absolute atomic E-state index is 13.6. The van der Waals surface area contributed by atoms with Gasteiger partial charge in [0.25, 0.3) is 0 Å². The van der Waals surface area contributed by atoms with Crippen molar-refractivity contribution >= 4 is 33.8 Å². The maximum Gasteiger partial charge on any atom is 0.162 e. The molecule has 2 heterocycles. The van der Waals surface area contributed by atoms with Crippen LogP contribution in [-0.4, -0.2) is 9.97 Å². The lowest BCUT2D eigenvalue weighted by Crippen LogP contribution is -1.93. The number of hydrogen-bond acceptors (Lipinski definition) is 3. The highest BCUT2D eigenvalue weighted by Gasteiger charge is 2.12. The average Bonchev–Trinajstić information content (AvgIpc) is 2.75. The van der Waals surface area contributed by atoms with E-state index in [1.165, 1.54) is 6.07 Å². The second-order valence-electron chi connectivity index (χ2n) is 3.94. The molecule has 0 aliphatic carbocycles. The summed E-state index contributed by atoms with van der Waals surface area (Å²) in [5.41, 5.74) is 2.55. The Morgan fingerprint density at radius 3 is 2.78 bits per heavy atom. The number of nitrogens with zero attached hydrogens (tertiary/aromatic N) is 2. The first-order valence-corrected chi connectivity index (χ1v) is 6.64. The van der Waals surface area contributed by atoms with Crippen LogP contribution in [0, 0.1) is 12.7 Å². The lowest BCUT2D eigenvalue weighted by molar-refractivity contribution is 0.639. The van der Waals surface area contributed by atoms with E-state index in [1.807, 2.05) is 17.7 Å². The van der Waals surface area contributed by atoms with Crippen molar-refractivity contribution in [3.05, 3.63) is 45.5 Å². The molecule has 0 amide bonds. The topological polar surface area (TPSA) is 25.8 Å². The van der Waals surface area contributed by atoms with Crippen LogP contribution in [0.25, 0.3) is 22.3 Å². The molecule has 0 spiro atoms. The van der Waals surface area contributed by atoms with Crippen LogP contribution in [-0.2, 0) is 0 Å². The van der Waals surface area contributed by atoms with Crippen molar-refractivity contribution in [1.82, 2.24) is 9.97 Å². The Bertz CT molecular complexity index is 739. The number of thiophene rings is 1. The molecule has 90 valence electrons. The molecule has 0 fully saturated rings. The summed E-state index contributed by atoms with van der Waals surface area (Å²) in [5, 5.41) is 4.41. The zero-order valence-corrected chi connectivity index (χ0v) is 11.0. The lowest BCUT2D eigenvalue weighted by atomic mass is 10.2. The molecule has 0 atom stereocenters. The van der Waals surface area contributed by atoms with Gasteiger partial charge in [-0.2, -0.15) is 11.3 Å². The van der Waals surface area contributed by atoms with E-state index in [9.17, 15) is 4.39 Å². The average molecular weight is 279 g/mol. The van der Waals surface area contributed by atoms with Gasteiger partial charge < -0.3 is 0 Å². The number of aromatic nitrogens is 2. The van der Waals surface area contributed by atoms with Gasteiger partial charge in [0.1, 0.15) is 11.0 Å². The van der Waals surface area contributed by atoms with Gasteiger partial charge in [0.05, 0.1) is 10.9 Å². The van der Waals surface area contributed by atoms with E-state index in [2.05, 4.69) is 9.97 Å². The molecule has 0 N–H and O–H groups in total. The number of aryl methyl sites for hydroxylation is 1. The minimum atomic E-state index is -0.397. The van der Waals surface area contributed by atoms with Gasteiger partial charge in [-0.1, -0.05) is 17.7 Å². The molecule has 0 aliphatic rings. The molecule has 0 aliphatic heterocycles. The van der Waals surface area contributed by atoms with E-state index in [1.54, 1.807) is 23.5 Å². The first-order valence-electron chi connectivity index (χ1n) is 5.32. The van der Waals surface area contributed by atoms with Crippen LogP contribution in [0.4, 0.5) is 4.39 Å². The summed E-state index contributed by atoms with van der Waals surface area (Å²) in [5.74, 6) is 0.142. The number of rotatable bonds is 1. The van der Waals surface area contributed by atoms with Gasteiger partial charge >= 0.3 is 0 Å². The van der Waals surface area contributed by atoms with E-state index in [-0.39, 0.29) is 10.5 Å². The van der Waals surface area contributed by atoms with Crippen LogP contribution < -0.4 is 0 Å². The molecule has 0 bridgehead atoms. The predicted molar refractivity (Wildman–Crippen MR) is 72.6 cm³/mol. The lowest BCUT2D eigenvalue weighted by Gasteiger charge is -2.04. The zero-order valence-electron chi connectivity index (χ0n) is 9.45. The Hall–Kier alpha value is -1.52. The monoisotopic (exact) mass is 278 g/mol. The third-order valence-electron chi connectivity index (χ3n) is 2.72. The number of hydrogen-bond donors (Lipinski definition) is 0. The van der Waals surface area contributed by atoms with Gasteiger partial charge in [0, 0.05) is 10.9 Å². The SMILES string of the molecule is Cc1cscc1-c1nc(Cl)c2c(F)cccc2n1. The Labute approximate surface area is 112 Å². The van der Waals surface area contributed by atoms with E-state index >= 15 is 0 Å². The van der Waals surface area contributed by atoms with Gasteiger partial charge in [-0.15, -0.1) is 0 Å². The third kappa shape index (κ3) is 1.78. The van der Waals surface area contributed by atoms with E-state index in [0.29, 0.717) is 11.3 Å². The predicted octanol–water partition coefficient (Wildman–Crippen LogP) is 4.46. The Morgan fingerprint density at radius 1 is 1.22 bits per heavy atom. The smallest absolute Gasteiger partial charge is 0.162 e. The van der Waals surface area contributed by atoms with Crippen molar-refractivity contribution < 1.29 is 4.39 Å². The highest BCUT2D eigenvalue weighted by molar-refractivity contribution is 7.08. The summed E-state index contributed by atoms with van der Waals surface area (Å²) in [7, 11) is 0. The van der Waals surface area contributed by atoms with Crippen LogP contribution in [0.15, 0.2) is 29.0 Å². The number of fused-ring (bicyclic) bond motifs is 1. The molecule has 0 unspecified atom stereocenters. The fourth-order valence-corrected chi connectivity index (χ4v) is 2.90. The van der Waals surface area contributed by atoms with Crippen molar-refractivity contribution in [2.75, 3.05) is 0 Å². The van der Waals surface area contributed by atoms with Gasteiger partial charge in [-0.05, 0) is 30.0 Å². The molecular formula is C13H8ClFN2S. The quantitative estimate of drug-likeness (QED) is 0.614. The molecule has 0 saturated carbocycles. The van der Waals surface area contributed by atoms with E-state index < -0.39 is 5.82 Å². The summed E-state index contributed by atoms with van der Waals surface area (Å²) in [6, 6.07) is 4.70. The van der Waals surface area contributed by atoms with E-state index in [0.717, 1.165) is 11.1 Å². The van der Waals surface area contributed by atoms with Crippen LogP contribution in [0.1, 0.15) is 5.56 Å². The molecule has 5 heteroatoms. The summed E-state index contributed by atoms with van der Waals surface area (Å²) < 4.78 is 13.6. The summed E-state index contributed by atoms with van der Waals surface area (Å²) in [6.07, 6.45) is 0. The summed E-state index contributed by atoms with van der Waals surface area (Å²) in [4.78, 5) is 8.56. The van der Waals surface area contributed by atoms with E-state index in [4.69, 9.17) is 11.6 Å². The van der Waals surface area contributed by atoms with Gasteiger partial charge in [0.15, 0.2) is 5.82 Å². The van der Waals surface area contributed by atoms with Crippen LogP contribution in [0.3, 0.4) is 0 Å². The fraction of sp³-hybridized carbons (Fsp3) is 0.0769. The third-order valence-corrected chi connectivity index (χ3v) is 3.86. The van der Waals surface area contributed by atoms with Gasteiger partial charge in [-0.3, -0.25) is 0 Å². The minimum Gasteiger partial charge on any atom is -0.228 e. The molecule has 1 aromatic carbocycles. The number of halogens is 2. The van der Waals surface area contributed by atoms with Crippen LogP contribution in [0.2, 0.25) is 5.15 Å². The standard InChI is InChI=1S/C13H8ClFN2S/c1-7-5-18-6-8(7)13-16-10-4-2-3-9(15)11(10)12(14)17-13/h2-6H,1H3. The van der Waals surface area contributed by atoms with Crippen molar-refractivity contribution in [3.63, 3.8) is 0 Å². The van der Waals surface area contributed by atoms with Crippen molar-refractivity contribution in [1.29, 1.82) is 0 Å². The fourth-order valence-electron chi connectivity index (χ4n) is 1.81. The number of benzene rings is 1. The summed E-state index contributed by atoms with van der Waals surface area (Å²) >= 11 is 7.63. The highest BCUT2D eigenvalue weighted by Crippen LogP contribution is 2.29. The Morgan fingerprint density at radius 2 is 2.06 bits per heavy atom. The molecule has 2 nitrogen and oxygen atoms in total. The Balaban J connectivity index is 2.32. The highest BCUT2D eigenvalue weighted by atomic mass is 35.5. The second kappa shape index (κ2) is 4.30. The molecule has 3 aromatic rings. The van der Waals surface area contributed by atoms with Crippen molar-refractivity contribution in [2.45, 2.75) is 6.92 Å². The maximum atomic E-state index is 13.6. The van der Waals surface area contributed by atoms with Gasteiger partial charge in [-0.25, -0.2) is 14.4 Å². The van der Waals surface area contributed by atoms with Crippen molar-refractivity contribution in [2.24, 2.45) is 0 Å². The van der Waals surface area contributed by atoms with Crippen LogP contribution >= 0.6 is 22.9 Å². The second-order valence-corrected chi connectivity index (χ2v) is 5.04. The molecular weight excluding hydrogens is 271 g/mol. The minimum absolute atomic E-state index is 0.152. The Kier molecular flexibility index (Phi) is 2.76. The molecule has 3 rings (SSSR count).